The van der Waals surface area contributed by atoms with Gasteiger partial charge >= 0.3 is 0 Å². The average molecular weight is 222 g/mol. The molecule has 16 heavy (non-hydrogen) atoms. The van der Waals surface area contributed by atoms with Crippen molar-refractivity contribution in [1.82, 2.24) is 0 Å². The lowest BCUT2D eigenvalue weighted by atomic mass is 9.74. The fourth-order valence-electron chi connectivity index (χ4n) is 2.70. The van der Waals surface area contributed by atoms with E-state index in [1.54, 1.807) is 19.9 Å². The molecule has 0 atom stereocenters. The zero-order valence-corrected chi connectivity index (χ0v) is 10.8. The van der Waals surface area contributed by atoms with E-state index in [0.29, 0.717) is 12.2 Å². The Morgan fingerprint density at radius 1 is 1.12 bits per heavy atom. The Morgan fingerprint density at radius 3 is 2.12 bits per heavy atom. The lowest BCUT2D eigenvalue weighted by Crippen LogP contribution is -2.31. The van der Waals surface area contributed by atoms with Gasteiger partial charge in [-0.05, 0) is 44.2 Å². The monoisotopic (exact) mass is 222 g/mol. The summed E-state index contributed by atoms with van der Waals surface area (Å²) in [5.41, 5.74) is 1.01. The fraction of sp³-hybridized carbons (Fsp3) is 0.571. The lowest BCUT2D eigenvalue weighted by Gasteiger charge is -2.33. The number of aromatic hydroxyl groups is 1. The van der Waals surface area contributed by atoms with Crippen molar-refractivity contribution in [2.45, 2.75) is 52.1 Å². The van der Waals surface area contributed by atoms with E-state index < -0.39 is 5.60 Å². The summed E-state index contributed by atoms with van der Waals surface area (Å²) in [6, 6.07) is 5.53. The lowest BCUT2D eigenvalue weighted by molar-refractivity contribution is 0.0496. The van der Waals surface area contributed by atoms with E-state index in [0.717, 1.165) is 11.1 Å². The van der Waals surface area contributed by atoms with Crippen LogP contribution in [0.3, 0.4) is 0 Å². The second kappa shape index (κ2) is 4.10. The molecule has 0 aliphatic carbocycles. The van der Waals surface area contributed by atoms with Gasteiger partial charge in [-0.3, -0.25) is 0 Å². The van der Waals surface area contributed by atoms with E-state index in [2.05, 4.69) is 0 Å². The largest absolute Gasteiger partial charge is 0.508 e. The third-order valence-corrected chi connectivity index (χ3v) is 2.80. The van der Waals surface area contributed by atoms with Crippen LogP contribution >= 0.6 is 0 Å². The topological polar surface area (TPSA) is 40.5 Å². The summed E-state index contributed by atoms with van der Waals surface area (Å²) in [7, 11) is 0. The molecule has 0 spiro atoms. The molecule has 0 bridgehead atoms. The molecule has 0 amide bonds. The van der Waals surface area contributed by atoms with Crippen LogP contribution in [0, 0.1) is 6.92 Å². The highest BCUT2D eigenvalue weighted by Crippen LogP contribution is 2.38. The number of hydrogen-bond donors (Lipinski definition) is 2. The highest BCUT2D eigenvalue weighted by molar-refractivity contribution is 5.43. The van der Waals surface area contributed by atoms with E-state index in [-0.39, 0.29) is 5.41 Å². The van der Waals surface area contributed by atoms with E-state index in [1.165, 1.54) is 0 Å². The first-order valence-electron chi connectivity index (χ1n) is 5.65. The van der Waals surface area contributed by atoms with Gasteiger partial charge in [-0.25, -0.2) is 0 Å². The Bertz CT molecular complexity index is 353. The van der Waals surface area contributed by atoms with Gasteiger partial charge in [-0.15, -0.1) is 0 Å². The highest BCUT2D eigenvalue weighted by Gasteiger charge is 2.31. The van der Waals surface area contributed by atoms with Gasteiger partial charge in [0.15, 0.2) is 0 Å². The third-order valence-electron chi connectivity index (χ3n) is 2.80. The van der Waals surface area contributed by atoms with Crippen molar-refractivity contribution in [3.8, 4) is 5.75 Å². The van der Waals surface area contributed by atoms with Gasteiger partial charge < -0.3 is 10.2 Å². The molecule has 0 heterocycles. The standard InChI is InChI=1S/C14H22O2/c1-10-7-6-8-11(15)12(10)13(2,3)9-14(4,5)16/h6-8,15-16H,9H2,1-5H3. The first kappa shape index (κ1) is 13.0. The maximum Gasteiger partial charge on any atom is 0.119 e. The minimum atomic E-state index is -0.738. The van der Waals surface area contributed by atoms with Crippen molar-refractivity contribution in [3.63, 3.8) is 0 Å². The minimum absolute atomic E-state index is 0.242. The normalized spacial score (nSPS) is 12.9. The molecule has 1 aromatic carbocycles. The van der Waals surface area contributed by atoms with Gasteiger partial charge in [0.25, 0.3) is 0 Å². The molecule has 2 heteroatoms. The number of benzene rings is 1. The summed E-state index contributed by atoms with van der Waals surface area (Å²) in [6.07, 6.45) is 0.610. The van der Waals surface area contributed by atoms with Crippen LogP contribution in [0.1, 0.15) is 45.2 Å². The van der Waals surface area contributed by atoms with Crippen LogP contribution in [0.15, 0.2) is 18.2 Å². The molecule has 0 aliphatic heterocycles. The van der Waals surface area contributed by atoms with Crippen LogP contribution in [0.4, 0.5) is 0 Å². The van der Waals surface area contributed by atoms with E-state index in [4.69, 9.17) is 0 Å². The Kier molecular flexibility index (Phi) is 3.34. The molecule has 0 aromatic heterocycles. The molecule has 2 nitrogen and oxygen atoms in total. The van der Waals surface area contributed by atoms with E-state index in [9.17, 15) is 10.2 Å². The molecular formula is C14H22O2. The zero-order chi connectivity index (χ0) is 12.6. The summed E-state index contributed by atoms with van der Waals surface area (Å²) in [5.74, 6) is 0.314. The van der Waals surface area contributed by atoms with E-state index in [1.807, 2.05) is 32.9 Å². The molecular weight excluding hydrogens is 200 g/mol. The third kappa shape index (κ3) is 2.99. The van der Waals surface area contributed by atoms with Gasteiger partial charge in [0.05, 0.1) is 5.60 Å². The summed E-state index contributed by atoms with van der Waals surface area (Å²) >= 11 is 0. The first-order chi connectivity index (χ1) is 7.13. The molecule has 90 valence electrons. The number of rotatable bonds is 3. The quantitative estimate of drug-likeness (QED) is 0.824. The second-order valence-corrected chi connectivity index (χ2v) is 5.84. The number of hydrogen-bond acceptors (Lipinski definition) is 2. The van der Waals surface area contributed by atoms with Crippen molar-refractivity contribution in [2.75, 3.05) is 0 Å². The van der Waals surface area contributed by atoms with Crippen LogP contribution < -0.4 is 0 Å². The number of phenolic OH excluding ortho intramolecular Hbond substituents is 1. The predicted molar refractivity (Wildman–Crippen MR) is 66.8 cm³/mol. The van der Waals surface area contributed by atoms with Crippen LogP contribution in [-0.2, 0) is 5.41 Å². The Hall–Kier alpha value is -1.02. The molecule has 2 N–H and O–H groups in total. The Labute approximate surface area is 97.9 Å². The summed E-state index contributed by atoms with van der Waals surface area (Å²) in [6.45, 7) is 9.68. The highest BCUT2D eigenvalue weighted by atomic mass is 16.3. The Balaban J connectivity index is 3.16. The van der Waals surface area contributed by atoms with Crippen LogP contribution in [-0.4, -0.2) is 15.8 Å². The zero-order valence-electron chi connectivity index (χ0n) is 10.8. The van der Waals surface area contributed by atoms with Crippen molar-refractivity contribution in [2.24, 2.45) is 0 Å². The van der Waals surface area contributed by atoms with Crippen molar-refractivity contribution >= 4 is 0 Å². The average Bonchev–Trinajstić information content (AvgIpc) is 1.97. The van der Waals surface area contributed by atoms with Gasteiger partial charge in [0, 0.05) is 5.56 Å². The van der Waals surface area contributed by atoms with Crippen molar-refractivity contribution in [3.05, 3.63) is 29.3 Å². The summed E-state index contributed by atoms with van der Waals surface area (Å²) in [4.78, 5) is 0. The fourth-order valence-corrected chi connectivity index (χ4v) is 2.70. The first-order valence-corrected chi connectivity index (χ1v) is 5.65. The summed E-state index contributed by atoms with van der Waals surface area (Å²) < 4.78 is 0. The van der Waals surface area contributed by atoms with Gasteiger partial charge in [0.1, 0.15) is 5.75 Å². The smallest absolute Gasteiger partial charge is 0.119 e. The van der Waals surface area contributed by atoms with Gasteiger partial charge in [-0.2, -0.15) is 0 Å². The van der Waals surface area contributed by atoms with Gasteiger partial charge in [-0.1, -0.05) is 26.0 Å². The number of phenols is 1. The minimum Gasteiger partial charge on any atom is -0.508 e. The number of aryl methyl sites for hydroxylation is 1. The predicted octanol–water partition coefficient (Wildman–Crippen LogP) is 3.14. The maximum absolute atomic E-state index is 9.94. The van der Waals surface area contributed by atoms with Crippen LogP contribution in [0.2, 0.25) is 0 Å². The molecule has 0 saturated heterocycles. The van der Waals surface area contributed by atoms with E-state index >= 15 is 0 Å². The Morgan fingerprint density at radius 2 is 1.69 bits per heavy atom. The summed E-state index contributed by atoms with van der Waals surface area (Å²) in [5, 5.41) is 19.9. The van der Waals surface area contributed by atoms with Crippen molar-refractivity contribution in [1.29, 1.82) is 0 Å². The maximum atomic E-state index is 9.94. The number of aliphatic hydroxyl groups is 1. The van der Waals surface area contributed by atoms with Crippen molar-refractivity contribution < 1.29 is 10.2 Å². The molecule has 1 aromatic rings. The molecule has 0 saturated carbocycles. The SMILES string of the molecule is Cc1cccc(O)c1C(C)(C)CC(C)(C)O. The second-order valence-electron chi connectivity index (χ2n) is 5.84. The molecule has 0 fully saturated rings. The molecule has 0 aliphatic rings. The van der Waals surface area contributed by atoms with Crippen LogP contribution in [0.25, 0.3) is 0 Å². The molecule has 0 unspecified atom stereocenters. The van der Waals surface area contributed by atoms with Gasteiger partial charge in [0.2, 0.25) is 0 Å². The molecule has 1 rings (SSSR count). The molecule has 0 radical (unpaired) electrons. The van der Waals surface area contributed by atoms with Crippen LogP contribution in [0.5, 0.6) is 5.75 Å².